The summed E-state index contributed by atoms with van der Waals surface area (Å²) in [5, 5.41) is 0. The largest absolute Gasteiger partial charge is 0.0582 e. The molecule has 1 aromatic rings. The molecule has 0 aromatic heterocycles. The molecule has 0 atom stereocenters. The zero-order valence-corrected chi connectivity index (χ0v) is 7.89. The fraction of sp³-hybridized carbons (Fsp3) is 0.333. The second kappa shape index (κ2) is 2.93. The third-order valence-electron chi connectivity index (χ3n) is 1.95. The highest BCUT2D eigenvalue weighted by molar-refractivity contribution is 5.38. The van der Waals surface area contributed by atoms with Gasteiger partial charge in [-0.1, -0.05) is 39.0 Å². The Bertz CT molecular complexity index is 277. The predicted molar refractivity (Wildman–Crippen MR) is 51.9 cm³/mol. The molecule has 0 saturated heterocycles. The molecule has 1 aromatic carbocycles. The Morgan fingerprint density at radius 2 is 1.58 bits per heavy atom. The van der Waals surface area contributed by atoms with Gasteiger partial charge in [0.15, 0.2) is 0 Å². The van der Waals surface area contributed by atoms with E-state index in [1.165, 1.54) is 5.56 Å². The van der Waals surface area contributed by atoms with Crippen molar-refractivity contribution in [1.82, 2.24) is 0 Å². The van der Waals surface area contributed by atoms with Gasteiger partial charge in [-0.25, -0.2) is 0 Å². The van der Waals surface area contributed by atoms with Crippen molar-refractivity contribution in [2.45, 2.75) is 26.2 Å². The van der Waals surface area contributed by atoms with E-state index >= 15 is 0 Å². The molecular weight excluding hydrogens is 144 g/mol. The quantitative estimate of drug-likeness (QED) is 0.544. The van der Waals surface area contributed by atoms with Gasteiger partial charge in [-0.15, -0.1) is 0 Å². The highest BCUT2D eigenvalue weighted by Crippen LogP contribution is 2.23. The van der Waals surface area contributed by atoms with Crippen molar-refractivity contribution >= 4 is 0 Å². The van der Waals surface area contributed by atoms with E-state index < -0.39 is 0 Å². The summed E-state index contributed by atoms with van der Waals surface area (Å²) in [5.41, 5.74) is 2.68. The Hall–Kier alpha value is -0.780. The normalized spacial score (nSPS) is 11.8. The number of hydrogen-bond acceptors (Lipinski definition) is 0. The summed E-state index contributed by atoms with van der Waals surface area (Å²) >= 11 is 0. The maximum absolute atomic E-state index is 5.69. The zero-order valence-electron chi connectivity index (χ0n) is 7.89. The molecule has 1 rings (SSSR count). The lowest BCUT2D eigenvalue weighted by Gasteiger charge is -2.19. The second-order valence-corrected chi connectivity index (χ2v) is 4.09. The molecule has 0 heteroatoms. The van der Waals surface area contributed by atoms with Crippen LogP contribution in [0.4, 0.5) is 0 Å². The molecular formula is C12H14. The van der Waals surface area contributed by atoms with Crippen molar-refractivity contribution < 1.29 is 0 Å². The molecule has 0 aliphatic heterocycles. The number of benzene rings is 1. The predicted octanol–water partition coefficient (Wildman–Crippen LogP) is 3.10. The molecule has 0 fully saturated rings. The van der Waals surface area contributed by atoms with Gasteiger partial charge >= 0.3 is 0 Å². The first-order valence-corrected chi connectivity index (χ1v) is 4.07. The van der Waals surface area contributed by atoms with E-state index in [1.54, 1.807) is 0 Å². The average Bonchev–Trinajstić information content (AvgIpc) is 1.92. The minimum atomic E-state index is 0.141. The van der Waals surface area contributed by atoms with Gasteiger partial charge < -0.3 is 0 Å². The molecule has 0 N–H and O–H groups in total. The lowest BCUT2D eigenvalue weighted by atomic mass is 9.85. The van der Waals surface area contributed by atoms with Crippen molar-refractivity contribution in [3.8, 4) is 0 Å². The molecule has 0 aliphatic carbocycles. The highest BCUT2D eigenvalue weighted by Gasteiger charge is 2.13. The van der Waals surface area contributed by atoms with Crippen LogP contribution in [-0.2, 0) is 5.41 Å². The van der Waals surface area contributed by atoms with Crippen LogP contribution in [-0.4, -0.2) is 0 Å². The van der Waals surface area contributed by atoms with Crippen LogP contribution in [0.15, 0.2) is 18.2 Å². The van der Waals surface area contributed by atoms with Crippen LogP contribution in [0.5, 0.6) is 0 Å². The van der Waals surface area contributed by atoms with Crippen LogP contribution in [0.25, 0.3) is 0 Å². The van der Waals surface area contributed by atoms with Gasteiger partial charge in [0.05, 0.1) is 0 Å². The minimum Gasteiger partial charge on any atom is -0.0582 e. The Morgan fingerprint density at radius 1 is 1.00 bits per heavy atom. The maximum Gasteiger partial charge on any atom is -0.000889 e. The standard InChI is InChI=1S/C12H14/c1-9-6-7-11(8-10(9)2)12(3,4)5/h1-2,6-8H,3-5H3. The van der Waals surface area contributed by atoms with E-state index in [-0.39, 0.29) is 5.41 Å². The summed E-state index contributed by atoms with van der Waals surface area (Å²) in [4.78, 5) is 0. The number of hydrogen-bond donors (Lipinski definition) is 0. The van der Waals surface area contributed by atoms with Gasteiger partial charge in [0.2, 0.25) is 0 Å². The summed E-state index contributed by atoms with van der Waals surface area (Å²) < 4.78 is 0. The van der Waals surface area contributed by atoms with E-state index in [0.29, 0.717) is 11.1 Å². The molecule has 0 bridgehead atoms. The molecule has 0 saturated carbocycles. The number of rotatable bonds is 0. The first-order valence-electron chi connectivity index (χ1n) is 4.07. The Balaban J connectivity index is 3.14. The monoisotopic (exact) mass is 158 g/mol. The first kappa shape index (κ1) is 9.31. The lowest BCUT2D eigenvalue weighted by Crippen LogP contribution is -2.11. The molecule has 12 heavy (non-hydrogen) atoms. The van der Waals surface area contributed by atoms with Crippen molar-refractivity contribution in [3.05, 3.63) is 48.7 Å². The molecule has 0 heterocycles. The van der Waals surface area contributed by atoms with Gasteiger partial charge in [-0.3, -0.25) is 0 Å². The van der Waals surface area contributed by atoms with E-state index in [4.69, 9.17) is 13.8 Å². The van der Waals surface area contributed by atoms with Crippen LogP contribution in [0, 0.1) is 13.8 Å². The van der Waals surface area contributed by atoms with Crippen LogP contribution in [0.3, 0.4) is 0 Å². The van der Waals surface area contributed by atoms with E-state index in [0.717, 1.165) is 0 Å². The van der Waals surface area contributed by atoms with E-state index in [9.17, 15) is 0 Å². The van der Waals surface area contributed by atoms with Crippen molar-refractivity contribution in [2.24, 2.45) is 0 Å². The average molecular weight is 158 g/mol. The van der Waals surface area contributed by atoms with Crippen LogP contribution in [0.1, 0.15) is 37.5 Å². The van der Waals surface area contributed by atoms with Gasteiger partial charge in [0.1, 0.15) is 0 Å². The van der Waals surface area contributed by atoms with Gasteiger partial charge in [-0.2, -0.15) is 0 Å². The van der Waals surface area contributed by atoms with Crippen molar-refractivity contribution in [3.63, 3.8) is 0 Å². The summed E-state index contributed by atoms with van der Waals surface area (Å²) in [6.07, 6.45) is 0. The topological polar surface area (TPSA) is 0 Å². The van der Waals surface area contributed by atoms with Gasteiger partial charge in [-0.05, 0) is 36.0 Å². The maximum atomic E-state index is 5.69. The van der Waals surface area contributed by atoms with Crippen LogP contribution < -0.4 is 0 Å². The van der Waals surface area contributed by atoms with Gasteiger partial charge in [0.25, 0.3) is 0 Å². The summed E-state index contributed by atoms with van der Waals surface area (Å²) in [6.45, 7) is 17.8. The van der Waals surface area contributed by atoms with Gasteiger partial charge in [0, 0.05) is 0 Å². The fourth-order valence-electron chi connectivity index (χ4n) is 1.04. The third-order valence-corrected chi connectivity index (χ3v) is 1.95. The molecule has 0 nitrogen and oxygen atoms in total. The second-order valence-electron chi connectivity index (χ2n) is 4.09. The highest BCUT2D eigenvalue weighted by atomic mass is 14.2. The van der Waals surface area contributed by atoms with Crippen LogP contribution >= 0.6 is 0 Å². The summed E-state index contributed by atoms with van der Waals surface area (Å²) in [6, 6.07) is 5.82. The molecule has 0 spiro atoms. The minimum absolute atomic E-state index is 0.141. The smallest absolute Gasteiger partial charge is 0.000889 e. The molecule has 0 amide bonds. The van der Waals surface area contributed by atoms with E-state index in [2.05, 4.69) is 20.8 Å². The fourth-order valence-corrected chi connectivity index (χ4v) is 1.04. The third kappa shape index (κ3) is 1.88. The first-order chi connectivity index (χ1) is 5.41. The molecule has 0 aliphatic rings. The van der Waals surface area contributed by atoms with Crippen LogP contribution in [0.2, 0.25) is 0 Å². The Morgan fingerprint density at radius 3 is 2.00 bits per heavy atom. The van der Waals surface area contributed by atoms with Crippen molar-refractivity contribution in [1.29, 1.82) is 0 Å². The summed E-state index contributed by atoms with van der Waals surface area (Å²) in [7, 11) is 0. The van der Waals surface area contributed by atoms with Crippen molar-refractivity contribution in [2.75, 3.05) is 0 Å². The molecule has 62 valence electrons. The lowest BCUT2D eigenvalue weighted by molar-refractivity contribution is 0.590. The Labute approximate surface area is 75.6 Å². The summed E-state index contributed by atoms with van der Waals surface area (Å²) in [5.74, 6) is 0. The SMILES string of the molecule is [CH]c1ccc(C(C)(C)C)cc1[CH]. The molecule has 0 unspecified atom stereocenters. The zero-order chi connectivity index (χ0) is 9.35. The van der Waals surface area contributed by atoms with E-state index in [1.807, 2.05) is 18.2 Å². The molecule has 4 radical (unpaired) electrons. The Kier molecular flexibility index (Phi) is 2.27.